The van der Waals surface area contributed by atoms with Crippen molar-refractivity contribution in [3.05, 3.63) is 0 Å². The second-order valence-corrected chi connectivity index (χ2v) is 6.75. The molecule has 0 aliphatic heterocycles. The van der Waals surface area contributed by atoms with E-state index in [2.05, 4.69) is 31.1 Å². The molecule has 1 N–H and O–H groups in total. The van der Waals surface area contributed by atoms with Crippen LogP contribution < -0.4 is 5.32 Å². The van der Waals surface area contributed by atoms with Crippen LogP contribution in [0.2, 0.25) is 0 Å². The average Bonchev–Trinajstić information content (AvgIpc) is 3.09. The van der Waals surface area contributed by atoms with Gasteiger partial charge in [-0.25, -0.2) is 0 Å². The Balaban J connectivity index is 1.87. The van der Waals surface area contributed by atoms with Crippen LogP contribution in [-0.4, -0.2) is 37.1 Å². The van der Waals surface area contributed by atoms with Crippen LogP contribution in [0.5, 0.6) is 0 Å². The standard InChI is InChI=1S/C16H32N2/c1-4-15(5-2)18(3)13-16(10-6-7-11-16)12-17-14-8-9-14/h14-15,17H,4-13H2,1-3H3. The zero-order chi connectivity index (χ0) is 13.0. The molecule has 18 heavy (non-hydrogen) atoms. The Morgan fingerprint density at radius 2 is 1.78 bits per heavy atom. The van der Waals surface area contributed by atoms with Crippen molar-refractivity contribution in [3.8, 4) is 0 Å². The molecular weight excluding hydrogens is 220 g/mol. The van der Waals surface area contributed by atoms with Gasteiger partial charge in [0, 0.05) is 25.2 Å². The minimum Gasteiger partial charge on any atom is -0.313 e. The molecule has 2 fully saturated rings. The van der Waals surface area contributed by atoms with E-state index >= 15 is 0 Å². The summed E-state index contributed by atoms with van der Waals surface area (Å²) in [6.07, 6.45) is 11.2. The van der Waals surface area contributed by atoms with Gasteiger partial charge in [-0.05, 0) is 51.0 Å². The maximum Gasteiger partial charge on any atom is 0.00872 e. The molecule has 0 aromatic heterocycles. The Morgan fingerprint density at radius 1 is 1.17 bits per heavy atom. The van der Waals surface area contributed by atoms with Gasteiger partial charge in [0.15, 0.2) is 0 Å². The minimum absolute atomic E-state index is 0.583. The molecule has 0 radical (unpaired) electrons. The Morgan fingerprint density at radius 3 is 2.28 bits per heavy atom. The van der Waals surface area contributed by atoms with E-state index in [1.54, 1.807) is 0 Å². The number of hydrogen-bond acceptors (Lipinski definition) is 2. The van der Waals surface area contributed by atoms with Crippen LogP contribution in [-0.2, 0) is 0 Å². The third kappa shape index (κ3) is 3.71. The lowest BCUT2D eigenvalue weighted by Crippen LogP contribution is -2.45. The zero-order valence-electron chi connectivity index (χ0n) is 12.7. The van der Waals surface area contributed by atoms with Crippen molar-refractivity contribution in [2.45, 2.75) is 77.3 Å². The van der Waals surface area contributed by atoms with E-state index < -0.39 is 0 Å². The lowest BCUT2D eigenvalue weighted by Gasteiger charge is -2.37. The van der Waals surface area contributed by atoms with Crippen LogP contribution in [0.4, 0.5) is 0 Å². The van der Waals surface area contributed by atoms with Crippen molar-refractivity contribution >= 4 is 0 Å². The molecule has 0 bridgehead atoms. The predicted octanol–water partition coefficient (Wildman–Crippen LogP) is 3.42. The summed E-state index contributed by atoms with van der Waals surface area (Å²) in [6.45, 7) is 7.23. The Labute approximate surface area is 114 Å². The van der Waals surface area contributed by atoms with Gasteiger partial charge in [0.25, 0.3) is 0 Å². The van der Waals surface area contributed by atoms with Crippen LogP contribution in [0.15, 0.2) is 0 Å². The van der Waals surface area contributed by atoms with Gasteiger partial charge in [-0.15, -0.1) is 0 Å². The molecule has 0 unspecified atom stereocenters. The molecule has 2 saturated carbocycles. The number of nitrogens with one attached hydrogen (secondary N) is 1. The summed E-state index contributed by atoms with van der Waals surface area (Å²) >= 11 is 0. The van der Waals surface area contributed by atoms with Crippen molar-refractivity contribution in [1.82, 2.24) is 10.2 Å². The van der Waals surface area contributed by atoms with Crippen molar-refractivity contribution in [1.29, 1.82) is 0 Å². The fourth-order valence-electron chi connectivity index (χ4n) is 3.73. The summed E-state index contributed by atoms with van der Waals surface area (Å²) in [5.41, 5.74) is 0.583. The van der Waals surface area contributed by atoms with E-state index in [0.29, 0.717) is 5.41 Å². The highest BCUT2D eigenvalue weighted by Crippen LogP contribution is 2.39. The molecule has 0 spiro atoms. The molecule has 0 aromatic rings. The molecule has 0 atom stereocenters. The Kier molecular flexibility index (Phi) is 5.08. The summed E-state index contributed by atoms with van der Waals surface area (Å²) in [5, 5.41) is 3.79. The number of nitrogens with zero attached hydrogens (tertiary/aromatic N) is 1. The van der Waals surface area contributed by atoms with Crippen molar-refractivity contribution < 1.29 is 0 Å². The highest BCUT2D eigenvalue weighted by molar-refractivity contribution is 4.93. The predicted molar refractivity (Wildman–Crippen MR) is 78.9 cm³/mol. The summed E-state index contributed by atoms with van der Waals surface area (Å²) < 4.78 is 0. The summed E-state index contributed by atoms with van der Waals surface area (Å²) in [6, 6.07) is 1.64. The highest BCUT2D eigenvalue weighted by atomic mass is 15.1. The molecule has 0 heterocycles. The van der Waals surface area contributed by atoms with Gasteiger partial charge >= 0.3 is 0 Å². The van der Waals surface area contributed by atoms with E-state index in [0.717, 1.165) is 12.1 Å². The van der Waals surface area contributed by atoms with Crippen molar-refractivity contribution in [2.75, 3.05) is 20.1 Å². The van der Waals surface area contributed by atoms with Gasteiger partial charge in [-0.2, -0.15) is 0 Å². The summed E-state index contributed by atoms with van der Waals surface area (Å²) in [7, 11) is 2.34. The van der Waals surface area contributed by atoms with Crippen molar-refractivity contribution in [3.63, 3.8) is 0 Å². The summed E-state index contributed by atoms with van der Waals surface area (Å²) in [4.78, 5) is 2.64. The van der Waals surface area contributed by atoms with E-state index in [-0.39, 0.29) is 0 Å². The molecule has 2 heteroatoms. The normalized spacial score (nSPS) is 23.2. The first-order chi connectivity index (χ1) is 8.69. The van der Waals surface area contributed by atoms with Gasteiger partial charge in [0.1, 0.15) is 0 Å². The van der Waals surface area contributed by atoms with Crippen LogP contribution in [0.1, 0.15) is 65.2 Å². The van der Waals surface area contributed by atoms with Gasteiger partial charge in [-0.1, -0.05) is 26.7 Å². The fraction of sp³-hybridized carbons (Fsp3) is 1.00. The minimum atomic E-state index is 0.583. The zero-order valence-corrected chi connectivity index (χ0v) is 12.7. The average molecular weight is 252 g/mol. The molecule has 0 amide bonds. The van der Waals surface area contributed by atoms with Crippen LogP contribution in [0.3, 0.4) is 0 Å². The Hall–Kier alpha value is -0.0800. The Bertz CT molecular complexity index is 237. The molecule has 0 saturated heterocycles. The first-order valence-electron chi connectivity index (χ1n) is 8.13. The monoisotopic (exact) mass is 252 g/mol. The number of hydrogen-bond donors (Lipinski definition) is 1. The fourth-order valence-corrected chi connectivity index (χ4v) is 3.73. The maximum atomic E-state index is 3.79. The van der Waals surface area contributed by atoms with Crippen LogP contribution >= 0.6 is 0 Å². The van der Waals surface area contributed by atoms with Gasteiger partial charge < -0.3 is 10.2 Å². The van der Waals surface area contributed by atoms with Crippen LogP contribution in [0, 0.1) is 5.41 Å². The molecular formula is C16H32N2. The van der Waals surface area contributed by atoms with Crippen molar-refractivity contribution in [2.24, 2.45) is 5.41 Å². The third-order valence-electron chi connectivity index (χ3n) is 5.16. The first-order valence-corrected chi connectivity index (χ1v) is 8.13. The molecule has 0 aromatic carbocycles. The topological polar surface area (TPSA) is 15.3 Å². The summed E-state index contributed by atoms with van der Waals surface area (Å²) in [5.74, 6) is 0. The van der Waals surface area contributed by atoms with Gasteiger partial charge in [0.2, 0.25) is 0 Å². The van der Waals surface area contributed by atoms with Gasteiger partial charge in [0.05, 0.1) is 0 Å². The molecule has 2 nitrogen and oxygen atoms in total. The first kappa shape index (κ1) is 14.3. The van der Waals surface area contributed by atoms with E-state index in [9.17, 15) is 0 Å². The maximum absolute atomic E-state index is 3.79. The lowest BCUT2D eigenvalue weighted by atomic mass is 9.84. The quantitative estimate of drug-likeness (QED) is 0.712. The largest absolute Gasteiger partial charge is 0.313 e. The third-order valence-corrected chi connectivity index (χ3v) is 5.16. The molecule has 106 valence electrons. The lowest BCUT2D eigenvalue weighted by molar-refractivity contribution is 0.129. The molecule has 2 aliphatic rings. The SMILES string of the molecule is CCC(CC)N(C)CC1(CNC2CC2)CCCC1. The van der Waals surface area contributed by atoms with E-state index in [1.165, 1.54) is 64.5 Å². The van der Waals surface area contributed by atoms with E-state index in [4.69, 9.17) is 0 Å². The van der Waals surface area contributed by atoms with Gasteiger partial charge in [-0.3, -0.25) is 0 Å². The highest BCUT2D eigenvalue weighted by Gasteiger charge is 2.37. The molecule has 2 aliphatic carbocycles. The smallest absolute Gasteiger partial charge is 0.00872 e. The number of rotatable bonds is 8. The van der Waals surface area contributed by atoms with Crippen LogP contribution in [0.25, 0.3) is 0 Å². The molecule has 2 rings (SSSR count). The second-order valence-electron chi connectivity index (χ2n) is 6.75. The second kappa shape index (κ2) is 6.38. The van der Waals surface area contributed by atoms with E-state index in [1.807, 2.05) is 0 Å².